The van der Waals surface area contributed by atoms with E-state index in [-0.39, 0.29) is 0 Å². The van der Waals surface area contributed by atoms with Crippen LogP contribution in [0.3, 0.4) is 0 Å². The van der Waals surface area contributed by atoms with Crippen molar-refractivity contribution >= 4 is 0 Å². The zero-order valence-electron chi connectivity index (χ0n) is 14.7. The van der Waals surface area contributed by atoms with Crippen molar-refractivity contribution in [3.05, 3.63) is 96.6 Å². The van der Waals surface area contributed by atoms with Crippen LogP contribution in [-0.4, -0.2) is 9.78 Å². The van der Waals surface area contributed by atoms with E-state index < -0.39 is 0 Å². The average molecular weight is 340 g/mol. The largest absolute Gasteiger partial charge is 0.489 e. The number of ether oxygens (including phenoxy) is 1. The summed E-state index contributed by atoms with van der Waals surface area (Å²) >= 11 is 0. The Hall–Kier alpha value is -3.33. The minimum atomic E-state index is 0.557. The van der Waals surface area contributed by atoms with Crippen molar-refractivity contribution in [2.24, 2.45) is 7.05 Å². The first-order valence-corrected chi connectivity index (χ1v) is 8.66. The van der Waals surface area contributed by atoms with Crippen LogP contribution in [0.2, 0.25) is 0 Å². The van der Waals surface area contributed by atoms with Gasteiger partial charge in [0.25, 0.3) is 0 Å². The molecule has 0 radical (unpaired) electrons. The third kappa shape index (κ3) is 3.52. The van der Waals surface area contributed by atoms with Crippen LogP contribution in [0, 0.1) is 0 Å². The Kier molecular flexibility index (Phi) is 4.52. The molecule has 26 heavy (non-hydrogen) atoms. The Morgan fingerprint density at radius 1 is 0.769 bits per heavy atom. The van der Waals surface area contributed by atoms with E-state index in [9.17, 15) is 0 Å². The predicted octanol–water partition coefficient (Wildman–Crippen LogP) is 5.33. The molecule has 1 heterocycles. The Morgan fingerprint density at radius 2 is 1.46 bits per heavy atom. The van der Waals surface area contributed by atoms with Crippen LogP contribution < -0.4 is 4.74 Å². The third-order valence-electron chi connectivity index (χ3n) is 4.33. The summed E-state index contributed by atoms with van der Waals surface area (Å²) in [6.07, 6.45) is 0. The molecule has 3 nitrogen and oxygen atoms in total. The highest BCUT2D eigenvalue weighted by molar-refractivity contribution is 5.69. The molecule has 4 aromatic rings. The number of nitrogens with zero attached hydrogens (tertiary/aromatic N) is 2. The first-order chi connectivity index (χ1) is 12.8. The highest BCUT2D eigenvalue weighted by atomic mass is 16.5. The minimum Gasteiger partial charge on any atom is -0.489 e. The highest BCUT2D eigenvalue weighted by Crippen LogP contribution is 2.28. The summed E-state index contributed by atoms with van der Waals surface area (Å²) < 4.78 is 7.86. The molecule has 0 aliphatic carbocycles. The molecule has 0 aliphatic heterocycles. The molecular weight excluding hydrogens is 320 g/mol. The number of rotatable bonds is 5. The molecule has 0 bridgehead atoms. The summed E-state index contributed by atoms with van der Waals surface area (Å²) in [7, 11) is 1.97. The van der Waals surface area contributed by atoms with E-state index in [1.807, 2.05) is 66.3 Å². The minimum absolute atomic E-state index is 0.557. The SMILES string of the molecule is Cn1nc(-c2cccc(OCc3ccccc3)c2)cc1-c1ccccc1. The van der Waals surface area contributed by atoms with Gasteiger partial charge in [-0.2, -0.15) is 5.10 Å². The molecule has 0 aliphatic rings. The fourth-order valence-electron chi connectivity index (χ4n) is 2.97. The quantitative estimate of drug-likeness (QED) is 0.491. The molecule has 0 saturated carbocycles. The molecule has 0 atom stereocenters. The van der Waals surface area contributed by atoms with Gasteiger partial charge >= 0.3 is 0 Å². The summed E-state index contributed by atoms with van der Waals surface area (Å²) in [5.41, 5.74) is 5.40. The van der Waals surface area contributed by atoms with Gasteiger partial charge in [0.05, 0.1) is 11.4 Å². The maximum absolute atomic E-state index is 5.94. The molecular formula is C23H20N2O. The molecule has 128 valence electrons. The standard InChI is InChI=1S/C23H20N2O/c1-25-23(19-11-6-3-7-12-19)16-22(24-25)20-13-8-14-21(15-20)26-17-18-9-4-2-5-10-18/h2-16H,17H2,1H3. The second kappa shape index (κ2) is 7.28. The fourth-order valence-corrected chi connectivity index (χ4v) is 2.97. The molecule has 0 fully saturated rings. The van der Waals surface area contributed by atoms with Crippen LogP contribution in [0.1, 0.15) is 5.56 Å². The molecule has 0 amide bonds. The van der Waals surface area contributed by atoms with Gasteiger partial charge in [0.1, 0.15) is 12.4 Å². The summed E-state index contributed by atoms with van der Waals surface area (Å²) in [6, 6.07) is 30.7. The summed E-state index contributed by atoms with van der Waals surface area (Å²) in [5, 5.41) is 4.68. The lowest BCUT2D eigenvalue weighted by atomic mass is 10.1. The van der Waals surface area contributed by atoms with Gasteiger partial charge in [0.15, 0.2) is 0 Å². The highest BCUT2D eigenvalue weighted by Gasteiger charge is 2.09. The van der Waals surface area contributed by atoms with Crippen LogP contribution in [0.15, 0.2) is 91.0 Å². The Bertz CT molecular complexity index is 991. The molecule has 3 aromatic carbocycles. The van der Waals surface area contributed by atoms with Gasteiger partial charge in [-0.25, -0.2) is 0 Å². The molecule has 4 rings (SSSR count). The number of aryl methyl sites for hydroxylation is 1. The summed E-state index contributed by atoms with van der Waals surface area (Å²) in [5.74, 6) is 0.846. The van der Waals surface area contributed by atoms with Crippen LogP contribution in [0.4, 0.5) is 0 Å². The van der Waals surface area contributed by atoms with Crippen molar-refractivity contribution in [3.8, 4) is 28.3 Å². The maximum atomic E-state index is 5.94. The lowest BCUT2D eigenvalue weighted by molar-refractivity contribution is 0.306. The van der Waals surface area contributed by atoms with Gasteiger partial charge in [0.2, 0.25) is 0 Å². The third-order valence-corrected chi connectivity index (χ3v) is 4.33. The van der Waals surface area contributed by atoms with E-state index in [4.69, 9.17) is 4.74 Å². The Balaban J connectivity index is 1.57. The Labute approximate surface area is 153 Å². The van der Waals surface area contributed by atoms with Crippen LogP contribution in [0.5, 0.6) is 5.75 Å². The first kappa shape index (κ1) is 16.2. The van der Waals surface area contributed by atoms with Crippen molar-refractivity contribution in [1.29, 1.82) is 0 Å². The van der Waals surface area contributed by atoms with Crippen LogP contribution >= 0.6 is 0 Å². The van der Waals surface area contributed by atoms with Crippen LogP contribution in [-0.2, 0) is 13.7 Å². The van der Waals surface area contributed by atoms with Gasteiger partial charge in [-0.15, -0.1) is 0 Å². The molecule has 1 aromatic heterocycles. The first-order valence-electron chi connectivity index (χ1n) is 8.66. The zero-order chi connectivity index (χ0) is 17.8. The van der Waals surface area contributed by atoms with Crippen molar-refractivity contribution in [2.75, 3.05) is 0 Å². The van der Waals surface area contributed by atoms with E-state index in [0.717, 1.165) is 33.8 Å². The average Bonchev–Trinajstić information content (AvgIpc) is 3.10. The number of aromatic nitrogens is 2. The second-order valence-corrected chi connectivity index (χ2v) is 6.21. The number of benzene rings is 3. The maximum Gasteiger partial charge on any atom is 0.120 e. The molecule has 0 saturated heterocycles. The monoisotopic (exact) mass is 340 g/mol. The van der Waals surface area contributed by atoms with Gasteiger partial charge in [0, 0.05) is 12.6 Å². The van der Waals surface area contributed by atoms with E-state index >= 15 is 0 Å². The number of hydrogen-bond donors (Lipinski definition) is 0. The van der Waals surface area contributed by atoms with E-state index in [1.54, 1.807) is 0 Å². The van der Waals surface area contributed by atoms with Gasteiger partial charge in [-0.1, -0.05) is 72.8 Å². The lowest BCUT2D eigenvalue weighted by Gasteiger charge is -2.07. The summed E-state index contributed by atoms with van der Waals surface area (Å²) in [4.78, 5) is 0. The van der Waals surface area contributed by atoms with Crippen molar-refractivity contribution in [1.82, 2.24) is 9.78 Å². The fraction of sp³-hybridized carbons (Fsp3) is 0.0870. The molecule has 0 N–H and O–H groups in total. The van der Waals surface area contributed by atoms with Crippen molar-refractivity contribution < 1.29 is 4.74 Å². The van der Waals surface area contributed by atoms with Crippen LogP contribution in [0.25, 0.3) is 22.5 Å². The van der Waals surface area contributed by atoms with Gasteiger partial charge in [-0.3, -0.25) is 4.68 Å². The van der Waals surface area contributed by atoms with E-state index in [0.29, 0.717) is 6.61 Å². The molecule has 3 heteroatoms. The zero-order valence-corrected chi connectivity index (χ0v) is 14.7. The van der Waals surface area contributed by atoms with E-state index in [1.165, 1.54) is 0 Å². The van der Waals surface area contributed by atoms with Gasteiger partial charge < -0.3 is 4.74 Å². The van der Waals surface area contributed by atoms with E-state index in [2.05, 4.69) is 41.5 Å². The van der Waals surface area contributed by atoms with Crippen molar-refractivity contribution in [2.45, 2.75) is 6.61 Å². The lowest BCUT2D eigenvalue weighted by Crippen LogP contribution is -1.95. The normalized spacial score (nSPS) is 10.7. The molecule has 0 spiro atoms. The Morgan fingerprint density at radius 3 is 2.23 bits per heavy atom. The topological polar surface area (TPSA) is 27.1 Å². The second-order valence-electron chi connectivity index (χ2n) is 6.21. The summed E-state index contributed by atoms with van der Waals surface area (Å²) in [6.45, 7) is 0.557. The molecule has 0 unspecified atom stereocenters. The van der Waals surface area contributed by atoms with Gasteiger partial charge in [-0.05, 0) is 29.3 Å². The number of hydrogen-bond acceptors (Lipinski definition) is 2. The van der Waals surface area contributed by atoms with Crippen molar-refractivity contribution in [3.63, 3.8) is 0 Å². The predicted molar refractivity (Wildman–Crippen MR) is 105 cm³/mol. The smallest absolute Gasteiger partial charge is 0.120 e.